The molecule has 0 bridgehead atoms. The molecule has 4 rings (SSSR count). The molecule has 0 saturated carbocycles. The summed E-state index contributed by atoms with van der Waals surface area (Å²) in [7, 11) is 3.74. The molecule has 2 heterocycles. The standard InChI is InChI=1S/C25H33N3O4/c1-27-11-5-6-19-16-20(9-10-21(19)27)22(28-12-14-31-15-13-28)17-26-25(29)18-32-24-8-4-3-7-23(24)30-2/h3-4,7-10,16,22H,5-6,11-15,17-18H2,1-2H3,(H,26,29)/t22-/m1/s1. The lowest BCUT2D eigenvalue weighted by Gasteiger charge is -2.36. The smallest absolute Gasteiger partial charge is 0.258 e. The number of carbonyl (C=O) groups is 1. The molecule has 2 aliphatic rings. The van der Waals surface area contributed by atoms with Crippen LogP contribution in [0.15, 0.2) is 42.5 Å². The molecule has 32 heavy (non-hydrogen) atoms. The van der Waals surface area contributed by atoms with Crippen molar-refractivity contribution in [3.63, 3.8) is 0 Å². The van der Waals surface area contributed by atoms with E-state index in [9.17, 15) is 4.79 Å². The highest BCUT2D eigenvalue weighted by atomic mass is 16.5. The Bertz CT molecular complexity index is 914. The van der Waals surface area contributed by atoms with E-state index in [1.165, 1.54) is 23.2 Å². The van der Waals surface area contributed by atoms with Crippen molar-refractivity contribution >= 4 is 11.6 Å². The van der Waals surface area contributed by atoms with E-state index in [1.54, 1.807) is 13.2 Å². The molecule has 172 valence electrons. The van der Waals surface area contributed by atoms with Gasteiger partial charge in [0.2, 0.25) is 0 Å². The van der Waals surface area contributed by atoms with E-state index >= 15 is 0 Å². The number of hydrogen-bond donors (Lipinski definition) is 1. The normalized spacial score (nSPS) is 17.4. The number of rotatable bonds is 8. The number of hydrogen-bond acceptors (Lipinski definition) is 6. The monoisotopic (exact) mass is 439 g/mol. The van der Waals surface area contributed by atoms with Crippen LogP contribution in [0.4, 0.5) is 5.69 Å². The largest absolute Gasteiger partial charge is 0.493 e. The van der Waals surface area contributed by atoms with Crippen LogP contribution < -0.4 is 19.7 Å². The molecule has 0 unspecified atom stereocenters. The summed E-state index contributed by atoms with van der Waals surface area (Å²) in [4.78, 5) is 17.3. The Hall–Kier alpha value is -2.77. The molecule has 0 aliphatic carbocycles. The summed E-state index contributed by atoms with van der Waals surface area (Å²) in [6.07, 6.45) is 2.27. The summed E-state index contributed by atoms with van der Waals surface area (Å²) in [5.74, 6) is 1.03. The third kappa shape index (κ3) is 5.34. The van der Waals surface area contributed by atoms with Crippen LogP contribution in [-0.4, -0.2) is 71.0 Å². The Morgan fingerprint density at radius 3 is 2.69 bits per heavy atom. The second-order valence-corrected chi connectivity index (χ2v) is 8.32. The summed E-state index contributed by atoms with van der Waals surface area (Å²) in [5.41, 5.74) is 3.95. The van der Waals surface area contributed by atoms with E-state index < -0.39 is 0 Å². The van der Waals surface area contributed by atoms with Gasteiger partial charge in [0.15, 0.2) is 18.1 Å². The van der Waals surface area contributed by atoms with Crippen molar-refractivity contribution in [1.29, 1.82) is 0 Å². The molecule has 1 atom stereocenters. The highest BCUT2D eigenvalue weighted by Gasteiger charge is 2.25. The second kappa shape index (κ2) is 10.7. The van der Waals surface area contributed by atoms with E-state index in [2.05, 4.69) is 40.4 Å². The zero-order valence-corrected chi connectivity index (χ0v) is 19.0. The molecule has 2 aromatic carbocycles. The van der Waals surface area contributed by atoms with E-state index in [-0.39, 0.29) is 18.6 Å². The van der Waals surface area contributed by atoms with Crippen LogP contribution in [0.2, 0.25) is 0 Å². The lowest BCUT2D eigenvalue weighted by atomic mass is 9.95. The lowest BCUT2D eigenvalue weighted by Crippen LogP contribution is -2.44. The van der Waals surface area contributed by atoms with E-state index in [0.717, 1.165) is 39.3 Å². The van der Waals surface area contributed by atoms with Gasteiger partial charge in [-0.3, -0.25) is 9.69 Å². The Balaban J connectivity index is 1.42. The van der Waals surface area contributed by atoms with Crippen molar-refractivity contribution in [1.82, 2.24) is 10.2 Å². The molecule has 1 amide bonds. The van der Waals surface area contributed by atoms with Gasteiger partial charge in [0.25, 0.3) is 5.91 Å². The minimum absolute atomic E-state index is 0.0504. The lowest BCUT2D eigenvalue weighted by molar-refractivity contribution is -0.123. The van der Waals surface area contributed by atoms with Gasteiger partial charge in [-0.2, -0.15) is 0 Å². The molecule has 1 saturated heterocycles. The Kier molecular flexibility index (Phi) is 7.50. The minimum Gasteiger partial charge on any atom is -0.493 e. The number of ether oxygens (including phenoxy) is 3. The maximum Gasteiger partial charge on any atom is 0.258 e. The fourth-order valence-electron chi connectivity index (χ4n) is 4.50. The average Bonchev–Trinajstić information content (AvgIpc) is 2.84. The van der Waals surface area contributed by atoms with Gasteiger partial charge < -0.3 is 24.4 Å². The second-order valence-electron chi connectivity index (χ2n) is 8.32. The number of nitrogens with one attached hydrogen (secondary N) is 1. The number of carbonyl (C=O) groups excluding carboxylic acids is 1. The van der Waals surface area contributed by atoms with Gasteiger partial charge in [-0.25, -0.2) is 0 Å². The van der Waals surface area contributed by atoms with Crippen LogP contribution >= 0.6 is 0 Å². The van der Waals surface area contributed by atoms with Gasteiger partial charge >= 0.3 is 0 Å². The van der Waals surface area contributed by atoms with E-state index in [0.29, 0.717) is 18.0 Å². The first-order valence-corrected chi connectivity index (χ1v) is 11.3. The highest BCUT2D eigenvalue weighted by molar-refractivity contribution is 5.77. The van der Waals surface area contributed by atoms with Crippen LogP contribution in [-0.2, 0) is 16.0 Å². The van der Waals surface area contributed by atoms with Gasteiger partial charge in [0, 0.05) is 38.9 Å². The molecular weight excluding hydrogens is 406 g/mol. The van der Waals surface area contributed by atoms with Crippen molar-refractivity contribution in [3.8, 4) is 11.5 Å². The van der Waals surface area contributed by atoms with Gasteiger partial charge in [0.05, 0.1) is 26.4 Å². The molecule has 7 nitrogen and oxygen atoms in total. The number of benzene rings is 2. The molecule has 0 aromatic heterocycles. The molecule has 2 aromatic rings. The summed E-state index contributed by atoms with van der Waals surface area (Å²) in [6, 6.07) is 14.2. The van der Waals surface area contributed by atoms with Crippen molar-refractivity contribution in [2.24, 2.45) is 0 Å². The van der Waals surface area contributed by atoms with Gasteiger partial charge in [-0.1, -0.05) is 24.3 Å². The topological polar surface area (TPSA) is 63.3 Å². The van der Waals surface area contributed by atoms with Crippen LogP contribution in [0.5, 0.6) is 11.5 Å². The zero-order valence-electron chi connectivity index (χ0n) is 19.0. The predicted octanol–water partition coefficient (Wildman–Crippen LogP) is 2.65. The third-order valence-electron chi connectivity index (χ3n) is 6.25. The fraction of sp³-hybridized carbons (Fsp3) is 0.480. The molecule has 0 spiro atoms. The van der Waals surface area contributed by atoms with Crippen molar-refractivity contribution < 1.29 is 19.0 Å². The number of aryl methyl sites for hydroxylation is 1. The number of morpholine rings is 1. The summed E-state index contributed by atoms with van der Waals surface area (Å²) < 4.78 is 16.5. The number of methoxy groups -OCH3 is 1. The summed E-state index contributed by atoms with van der Waals surface area (Å²) in [5, 5.41) is 3.08. The quantitative estimate of drug-likeness (QED) is 0.682. The zero-order chi connectivity index (χ0) is 22.3. The average molecular weight is 440 g/mol. The maximum atomic E-state index is 12.6. The Morgan fingerprint density at radius 2 is 1.91 bits per heavy atom. The molecule has 7 heteroatoms. The fourth-order valence-corrected chi connectivity index (χ4v) is 4.50. The van der Waals surface area contributed by atoms with E-state index in [4.69, 9.17) is 14.2 Å². The predicted molar refractivity (Wildman–Crippen MR) is 125 cm³/mol. The molecule has 2 aliphatic heterocycles. The number of amides is 1. The highest BCUT2D eigenvalue weighted by Crippen LogP contribution is 2.31. The molecular formula is C25H33N3O4. The number of para-hydroxylation sites is 2. The van der Waals surface area contributed by atoms with Crippen molar-refractivity contribution in [2.75, 3.05) is 65.1 Å². The van der Waals surface area contributed by atoms with Crippen LogP contribution in [0, 0.1) is 0 Å². The number of anilines is 1. The van der Waals surface area contributed by atoms with Gasteiger partial charge in [-0.05, 0) is 42.2 Å². The summed E-state index contributed by atoms with van der Waals surface area (Å²) in [6.45, 7) is 4.73. The Labute approximate surface area is 190 Å². The molecule has 1 fully saturated rings. The molecule has 1 N–H and O–H groups in total. The summed E-state index contributed by atoms with van der Waals surface area (Å²) >= 11 is 0. The third-order valence-corrected chi connectivity index (χ3v) is 6.25. The minimum atomic E-state index is -0.146. The maximum absolute atomic E-state index is 12.6. The van der Waals surface area contributed by atoms with Crippen molar-refractivity contribution in [3.05, 3.63) is 53.6 Å². The first kappa shape index (κ1) is 22.4. The SMILES string of the molecule is COc1ccccc1OCC(=O)NC[C@H](c1ccc2c(c1)CCCN2C)N1CCOCC1. The Morgan fingerprint density at radius 1 is 1.12 bits per heavy atom. The van der Waals surface area contributed by atoms with Gasteiger partial charge in [0.1, 0.15) is 0 Å². The number of nitrogens with zero attached hydrogens (tertiary/aromatic N) is 2. The first-order valence-electron chi connectivity index (χ1n) is 11.3. The van der Waals surface area contributed by atoms with Gasteiger partial charge in [-0.15, -0.1) is 0 Å². The van der Waals surface area contributed by atoms with E-state index in [1.807, 2.05) is 18.2 Å². The number of fused-ring (bicyclic) bond motifs is 1. The molecule has 0 radical (unpaired) electrons. The van der Waals surface area contributed by atoms with Crippen LogP contribution in [0.1, 0.15) is 23.6 Å². The van der Waals surface area contributed by atoms with Crippen molar-refractivity contribution in [2.45, 2.75) is 18.9 Å². The first-order chi connectivity index (χ1) is 15.7. The van der Waals surface area contributed by atoms with Crippen LogP contribution in [0.3, 0.4) is 0 Å². The van der Waals surface area contributed by atoms with Crippen LogP contribution in [0.25, 0.3) is 0 Å².